The zero-order valence-corrected chi connectivity index (χ0v) is 12.9. The molecule has 20 heavy (non-hydrogen) atoms. The zero-order chi connectivity index (χ0) is 14.0. The Morgan fingerprint density at radius 3 is 2.20 bits per heavy atom. The first-order chi connectivity index (χ1) is 9.88. The lowest BCUT2D eigenvalue weighted by Gasteiger charge is -2.07. The van der Waals surface area contributed by atoms with Gasteiger partial charge in [0.25, 0.3) is 0 Å². The molecular weight excluding hydrogens is 264 g/mol. The Balaban J connectivity index is 1.78. The molecule has 2 aromatic rings. The van der Waals surface area contributed by atoms with Crippen molar-refractivity contribution in [2.75, 3.05) is 6.61 Å². The lowest BCUT2D eigenvalue weighted by Crippen LogP contribution is -1.96. The molecule has 1 nitrogen and oxygen atoms in total. The Bertz CT molecular complexity index is 479. The summed E-state index contributed by atoms with van der Waals surface area (Å²) in [6.45, 7) is 3.05. The molecule has 0 unspecified atom stereocenters. The Hall–Kier alpha value is -1.41. The van der Waals surface area contributed by atoms with Crippen LogP contribution in [0.3, 0.4) is 0 Å². The molecule has 0 radical (unpaired) electrons. The molecule has 0 bridgehead atoms. The zero-order valence-electron chi connectivity index (χ0n) is 12.0. The van der Waals surface area contributed by atoms with Crippen molar-refractivity contribution in [1.29, 1.82) is 0 Å². The number of hydrogen-bond donors (Lipinski definition) is 0. The van der Waals surface area contributed by atoms with Gasteiger partial charge in [-0.3, -0.25) is 0 Å². The lowest BCUT2D eigenvalue weighted by molar-refractivity contribution is 0.305. The molecule has 0 N–H and O–H groups in total. The predicted octanol–water partition coefficient (Wildman–Crippen LogP) is 5.80. The molecule has 0 saturated carbocycles. The number of rotatable bonds is 8. The number of ether oxygens (including phenoxy) is 1. The maximum atomic E-state index is 5.75. The van der Waals surface area contributed by atoms with Crippen LogP contribution in [0, 0.1) is 0 Å². The van der Waals surface area contributed by atoms with E-state index in [0.717, 1.165) is 18.8 Å². The maximum absolute atomic E-state index is 5.75. The molecule has 2 aromatic carbocycles. The van der Waals surface area contributed by atoms with Gasteiger partial charge in [-0.15, -0.1) is 0 Å². The largest absolute Gasteiger partial charge is 0.494 e. The molecule has 0 aliphatic rings. The van der Waals surface area contributed by atoms with E-state index >= 15 is 0 Å². The third-order valence-electron chi connectivity index (χ3n) is 3.07. The molecular formula is C18H22OS. The van der Waals surface area contributed by atoms with Crippen molar-refractivity contribution in [2.45, 2.75) is 42.4 Å². The Morgan fingerprint density at radius 2 is 1.50 bits per heavy atom. The Morgan fingerprint density at radius 1 is 0.800 bits per heavy atom. The van der Waals surface area contributed by atoms with Crippen molar-refractivity contribution < 1.29 is 4.74 Å². The molecule has 0 heterocycles. The van der Waals surface area contributed by atoms with Crippen LogP contribution in [0.15, 0.2) is 64.4 Å². The number of hydrogen-bond acceptors (Lipinski definition) is 2. The SMILES string of the molecule is CCCCCCOc1ccc(Sc2ccccc2)cc1. The molecule has 0 fully saturated rings. The van der Waals surface area contributed by atoms with E-state index in [1.807, 2.05) is 6.07 Å². The van der Waals surface area contributed by atoms with Crippen molar-refractivity contribution in [2.24, 2.45) is 0 Å². The highest BCUT2D eigenvalue weighted by Gasteiger charge is 1.98. The van der Waals surface area contributed by atoms with E-state index in [-0.39, 0.29) is 0 Å². The molecule has 0 saturated heterocycles. The lowest BCUT2D eigenvalue weighted by atomic mass is 10.2. The van der Waals surface area contributed by atoms with Crippen LogP contribution in [0.4, 0.5) is 0 Å². The minimum atomic E-state index is 0.825. The van der Waals surface area contributed by atoms with Gasteiger partial charge in [-0.25, -0.2) is 0 Å². The normalized spacial score (nSPS) is 10.4. The van der Waals surface area contributed by atoms with E-state index in [4.69, 9.17) is 4.74 Å². The van der Waals surface area contributed by atoms with E-state index in [0.29, 0.717) is 0 Å². The Labute approximate surface area is 126 Å². The second-order valence-corrected chi connectivity index (χ2v) is 5.94. The van der Waals surface area contributed by atoms with Crippen molar-refractivity contribution in [3.63, 3.8) is 0 Å². The molecule has 2 rings (SSSR count). The number of benzene rings is 2. The minimum Gasteiger partial charge on any atom is -0.494 e. The molecule has 106 valence electrons. The van der Waals surface area contributed by atoms with Crippen LogP contribution in [0.25, 0.3) is 0 Å². The van der Waals surface area contributed by atoms with Gasteiger partial charge in [0.2, 0.25) is 0 Å². The van der Waals surface area contributed by atoms with Crippen LogP contribution in [0.2, 0.25) is 0 Å². The van der Waals surface area contributed by atoms with Gasteiger partial charge in [0.05, 0.1) is 6.61 Å². The van der Waals surface area contributed by atoms with Gasteiger partial charge in [0.15, 0.2) is 0 Å². The molecule has 0 aliphatic carbocycles. The smallest absolute Gasteiger partial charge is 0.119 e. The van der Waals surface area contributed by atoms with Gasteiger partial charge in [-0.1, -0.05) is 56.1 Å². The molecule has 2 heteroatoms. The predicted molar refractivity (Wildman–Crippen MR) is 86.6 cm³/mol. The average Bonchev–Trinajstić information content (AvgIpc) is 2.50. The first-order valence-electron chi connectivity index (χ1n) is 7.34. The summed E-state index contributed by atoms with van der Waals surface area (Å²) in [6.07, 6.45) is 4.98. The van der Waals surface area contributed by atoms with E-state index < -0.39 is 0 Å². The van der Waals surface area contributed by atoms with Gasteiger partial charge in [0, 0.05) is 9.79 Å². The molecule has 0 aromatic heterocycles. The highest BCUT2D eigenvalue weighted by molar-refractivity contribution is 7.99. The first kappa shape index (κ1) is 15.0. The third kappa shape index (κ3) is 5.30. The maximum Gasteiger partial charge on any atom is 0.119 e. The van der Waals surface area contributed by atoms with Crippen LogP contribution in [0.5, 0.6) is 5.75 Å². The molecule has 0 amide bonds. The summed E-state index contributed by atoms with van der Waals surface area (Å²) < 4.78 is 5.75. The highest BCUT2D eigenvalue weighted by Crippen LogP contribution is 2.28. The topological polar surface area (TPSA) is 9.23 Å². The summed E-state index contributed by atoms with van der Waals surface area (Å²) in [5, 5.41) is 0. The summed E-state index contributed by atoms with van der Waals surface area (Å²) in [5.41, 5.74) is 0. The van der Waals surface area contributed by atoms with Gasteiger partial charge in [-0.05, 0) is 42.8 Å². The van der Waals surface area contributed by atoms with Gasteiger partial charge < -0.3 is 4.74 Å². The monoisotopic (exact) mass is 286 g/mol. The summed E-state index contributed by atoms with van der Waals surface area (Å²) >= 11 is 1.78. The fourth-order valence-corrected chi connectivity index (χ4v) is 2.78. The average molecular weight is 286 g/mol. The van der Waals surface area contributed by atoms with Gasteiger partial charge >= 0.3 is 0 Å². The quantitative estimate of drug-likeness (QED) is 0.567. The fraction of sp³-hybridized carbons (Fsp3) is 0.333. The third-order valence-corrected chi connectivity index (χ3v) is 4.08. The molecule has 0 aliphatic heterocycles. The van der Waals surface area contributed by atoms with Crippen LogP contribution in [0.1, 0.15) is 32.6 Å². The van der Waals surface area contributed by atoms with Crippen LogP contribution in [-0.2, 0) is 0 Å². The van der Waals surface area contributed by atoms with Gasteiger partial charge in [0.1, 0.15) is 5.75 Å². The van der Waals surface area contributed by atoms with E-state index in [1.165, 1.54) is 29.1 Å². The van der Waals surface area contributed by atoms with E-state index in [9.17, 15) is 0 Å². The molecule has 0 atom stereocenters. The molecule has 0 spiro atoms. The fourth-order valence-electron chi connectivity index (χ4n) is 1.95. The number of unbranched alkanes of at least 4 members (excludes halogenated alkanes) is 3. The summed E-state index contributed by atoms with van der Waals surface area (Å²) in [6, 6.07) is 18.8. The van der Waals surface area contributed by atoms with Gasteiger partial charge in [-0.2, -0.15) is 0 Å². The van der Waals surface area contributed by atoms with Crippen molar-refractivity contribution >= 4 is 11.8 Å². The second kappa shape index (κ2) is 8.70. The first-order valence-corrected chi connectivity index (χ1v) is 8.16. The van der Waals surface area contributed by atoms with E-state index in [1.54, 1.807) is 11.8 Å². The summed E-state index contributed by atoms with van der Waals surface area (Å²) in [5.74, 6) is 0.971. The van der Waals surface area contributed by atoms with Crippen LogP contribution >= 0.6 is 11.8 Å². The standard InChI is InChI=1S/C18H22OS/c1-2-3-4-8-15-19-16-11-13-18(14-12-16)20-17-9-6-5-7-10-17/h5-7,9-14H,2-4,8,15H2,1H3. The van der Waals surface area contributed by atoms with Crippen LogP contribution < -0.4 is 4.74 Å². The minimum absolute atomic E-state index is 0.825. The van der Waals surface area contributed by atoms with Crippen molar-refractivity contribution in [1.82, 2.24) is 0 Å². The van der Waals surface area contributed by atoms with E-state index in [2.05, 4.69) is 55.5 Å². The summed E-state index contributed by atoms with van der Waals surface area (Å²) in [7, 11) is 0. The van der Waals surface area contributed by atoms with Crippen molar-refractivity contribution in [3.8, 4) is 5.75 Å². The van der Waals surface area contributed by atoms with Crippen LogP contribution in [-0.4, -0.2) is 6.61 Å². The highest BCUT2D eigenvalue weighted by atomic mass is 32.2. The van der Waals surface area contributed by atoms with Crippen molar-refractivity contribution in [3.05, 3.63) is 54.6 Å². The second-order valence-electron chi connectivity index (χ2n) is 4.80. The summed E-state index contributed by atoms with van der Waals surface area (Å²) in [4.78, 5) is 2.51. The Kier molecular flexibility index (Phi) is 6.52.